The van der Waals surface area contributed by atoms with Crippen LogP contribution >= 0.6 is 0 Å². The number of esters is 2. The van der Waals surface area contributed by atoms with E-state index in [0.717, 1.165) is 11.3 Å². The summed E-state index contributed by atoms with van der Waals surface area (Å²) in [6.45, 7) is 11.0. The lowest BCUT2D eigenvalue weighted by Crippen LogP contribution is -2.52. The van der Waals surface area contributed by atoms with Crippen LogP contribution in [0, 0.1) is 5.41 Å². The molecule has 1 aliphatic carbocycles. The van der Waals surface area contributed by atoms with Gasteiger partial charge in [0.1, 0.15) is 5.75 Å². The van der Waals surface area contributed by atoms with Gasteiger partial charge < -0.3 is 13.9 Å². The fourth-order valence-electron chi connectivity index (χ4n) is 3.58. The SMILES string of the molecule is COC(=O)C12CC=C(O[Si](C)(C)C(C)(C)C)CC1c1ccccc1OC2=O. The van der Waals surface area contributed by atoms with E-state index in [1.807, 2.05) is 24.3 Å². The lowest BCUT2D eigenvalue weighted by atomic mass is 9.64. The summed E-state index contributed by atoms with van der Waals surface area (Å²) in [4.78, 5) is 25.6. The Hall–Kier alpha value is -2.08. The molecule has 0 N–H and O–H groups in total. The molecule has 3 rings (SSSR count). The number of allylic oxidation sites excluding steroid dienone is 2. The molecule has 1 aliphatic heterocycles. The molecule has 6 heteroatoms. The second-order valence-corrected chi connectivity index (χ2v) is 13.6. The minimum absolute atomic E-state index is 0.0636. The first-order chi connectivity index (χ1) is 12.5. The van der Waals surface area contributed by atoms with Gasteiger partial charge in [0.05, 0.1) is 12.9 Å². The van der Waals surface area contributed by atoms with Crippen LogP contribution in [0.1, 0.15) is 45.1 Å². The van der Waals surface area contributed by atoms with Crippen LogP contribution in [0.25, 0.3) is 0 Å². The van der Waals surface area contributed by atoms with Crippen LogP contribution in [0.15, 0.2) is 36.1 Å². The van der Waals surface area contributed by atoms with Crippen LogP contribution in [-0.2, 0) is 18.8 Å². The van der Waals surface area contributed by atoms with Crippen LogP contribution in [0.2, 0.25) is 18.1 Å². The van der Waals surface area contributed by atoms with E-state index in [-0.39, 0.29) is 17.4 Å². The zero-order valence-corrected chi connectivity index (χ0v) is 17.9. The fourth-order valence-corrected chi connectivity index (χ4v) is 4.71. The molecule has 2 aliphatic rings. The molecule has 0 amide bonds. The fraction of sp³-hybridized carbons (Fsp3) is 0.524. The lowest BCUT2D eigenvalue weighted by molar-refractivity contribution is -0.169. The van der Waals surface area contributed by atoms with Crippen molar-refractivity contribution in [2.75, 3.05) is 7.11 Å². The van der Waals surface area contributed by atoms with Crippen molar-refractivity contribution in [3.63, 3.8) is 0 Å². The van der Waals surface area contributed by atoms with Crippen molar-refractivity contribution >= 4 is 20.3 Å². The van der Waals surface area contributed by atoms with E-state index in [4.69, 9.17) is 13.9 Å². The Balaban J connectivity index is 2.04. The molecule has 0 fully saturated rings. The summed E-state index contributed by atoms with van der Waals surface area (Å²) < 4.78 is 17.0. The van der Waals surface area contributed by atoms with Gasteiger partial charge in [0.15, 0.2) is 5.41 Å². The maximum absolute atomic E-state index is 12.9. The Morgan fingerprint density at radius 1 is 1.26 bits per heavy atom. The second-order valence-electron chi connectivity index (χ2n) is 8.88. The molecule has 5 nitrogen and oxygen atoms in total. The average molecular weight is 389 g/mol. The number of hydrogen-bond acceptors (Lipinski definition) is 5. The number of para-hydroxylation sites is 1. The third-order valence-corrected chi connectivity index (χ3v) is 10.6. The summed E-state index contributed by atoms with van der Waals surface area (Å²) in [5, 5.41) is 0.0636. The molecule has 27 heavy (non-hydrogen) atoms. The van der Waals surface area contributed by atoms with Crippen molar-refractivity contribution in [2.45, 2.75) is 57.7 Å². The summed E-state index contributed by atoms with van der Waals surface area (Å²) >= 11 is 0. The van der Waals surface area contributed by atoms with E-state index < -0.39 is 25.7 Å². The van der Waals surface area contributed by atoms with E-state index in [2.05, 4.69) is 33.9 Å². The monoisotopic (exact) mass is 388 g/mol. The highest BCUT2D eigenvalue weighted by molar-refractivity contribution is 6.74. The van der Waals surface area contributed by atoms with E-state index in [1.54, 1.807) is 6.07 Å². The highest BCUT2D eigenvalue weighted by atomic mass is 28.4. The largest absolute Gasteiger partial charge is 0.547 e. The molecule has 1 heterocycles. The quantitative estimate of drug-likeness (QED) is 0.329. The van der Waals surface area contributed by atoms with Crippen LogP contribution < -0.4 is 4.74 Å². The smallest absolute Gasteiger partial charge is 0.329 e. The molecule has 1 aromatic carbocycles. The topological polar surface area (TPSA) is 61.8 Å². The first kappa shape index (κ1) is 19.7. The van der Waals surface area contributed by atoms with Gasteiger partial charge in [0.2, 0.25) is 8.32 Å². The predicted molar refractivity (Wildman–Crippen MR) is 105 cm³/mol. The summed E-state index contributed by atoms with van der Waals surface area (Å²) in [6.07, 6.45) is 2.58. The van der Waals surface area contributed by atoms with Gasteiger partial charge in [-0.05, 0) is 36.7 Å². The highest BCUT2D eigenvalue weighted by Gasteiger charge is 2.59. The van der Waals surface area contributed by atoms with E-state index in [1.165, 1.54) is 7.11 Å². The first-order valence-corrected chi connectivity index (χ1v) is 12.2. The van der Waals surface area contributed by atoms with Gasteiger partial charge in [-0.25, -0.2) is 0 Å². The number of benzene rings is 1. The van der Waals surface area contributed by atoms with Crippen molar-refractivity contribution in [1.29, 1.82) is 0 Å². The standard InChI is InChI=1S/C21H28O5Si/c1-20(2,3)27(5,6)26-14-11-12-21(18(22)24-4)16(13-14)15-9-7-8-10-17(15)25-19(21)23/h7-11,16H,12-13H2,1-6H3. The number of hydrogen-bond donors (Lipinski definition) is 0. The number of carbonyl (C=O) groups excluding carboxylic acids is 2. The van der Waals surface area contributed by atoms with Crippen molar-refractivity contribution in [2.24, 2.45) is 5.41 Å². The van der Waals surface area contributed by atoms with Crippen LogP contribution in [0.5, 0.6) is 5.75 Å². The van der Waals surface area contributed by atoms with Gasteiger partial charge in [-0.1, -0.05) is 39.0 Å². The highest BCUT2D eigenvalue weighted by Crippen LogP contribution is 2.54. The molecular weight excluding hydrogens is 360 g/mol. The maximum atomic E-state index is 12.9. The third-order valence-electron chi connectivity index (χ3n) is 6.26. The van der Waals surface area contributed by atoms with Crippen molar-refractivity contribution in [3.05, 3.63) is 41.7 Å². The third kappa shape index (κ3) is 3.10. The molecule has 2 atom stereocenters. The van der Waals surface area contributed by atoms with E-state index >= 15 is 0 Å². The molecule has 0 bridgehead atoms. The van der Waals surface area contributed by atoms with Crippen molar-refractivity contribution < 1.29 is 23.5 Å². The van der Waals surface area contributed by atoms with Gasteiger partial charge >= 0.3 is 11.9 Å². The zero-order valence-electron chi connectivity index (χ0n) is 16.9. The van der Waals surface area contributed by atoms with Gasteiger partial charge in [-0.2, -0.15) is 0 Å². The Labute approximate surface area is 161 Å². The Morgan fingerprint density at radius 3 is 2.56 bits per heavy atom. The lowest BCUT2D eigenvalue weighted by Gasteiger charge is -2.44. The molecule has 0 saturated carbocycles. The summed E-state index contributed by atoms with van der Waals surface area (Å²) in [6, 6.07) is 7.40. The van der Waals surface area contributed by atoms with Crippen molar-refractivity contribution in [3.8, 4) is 5.75 Å². The summed E-state index contributed by atoms with van der Waals surface area (Å²) in [5.41, 5.74) is -0.490. The predicted octanol–water partition coefficient (Wildman–Crippen LogP) is 4.55. The van der Waals surface area contributed by atoms with Gasteiger partial charge in [-0.15, -0.1) is 0 Å². The van der Waals surface area contributed by atoms with Gasteiger partial charge in [-0.3, -0.25) is 9.59 Å². The molecular formula is C21H28O5Si. The zero-order chi connectivity index (χ0) is 20.0. The number of ether oxygens (including phenoxy) is 2. The molecule has 2 unspecified atom stereocenters. The number of rotatable bonds is 3. The van der Waals surface area contributed by atoms with Gasteiger partial charge in [0.25, 0.3) is 0 Å². The molecule has 1 aromatic rings. The maximum Gasteiger partial charge on any atom is 0.329 e. The van der Waals surface area contributed by atoms with Crippen LogP contribution in [-0.4, -0.2) is 27.4 Å². The minimum atomic E-state index is -2.02. The van der Waals surface area contributed by atoms with Crippen LogP contribution in [0.4, 0.5) is 0 Å². The number of fused-ring (bicyclic) bond motifs is 3. The van der Waals surface area contributed by atoms with E-state index in [9.17, 15) is 9.59 Å². The van der Waals surface area contributed by atoms with Crippen molar-refractivity contribution in [1.82, 2.24) is 0 Å². The first-order valence-electron chi connectivity index (χ1n) is 9.30. The normalized spacial score (nSPS) is 24.9. The molecule has 0 aromatic heterocycles. The molecule has 0 saturated heterocycles. The molecule has 0 spiro atoms. The Bertz CT molecular complexity index is 805. The average Bonchev–Trinajstić information content (AvgIpc) is 2.60. The number of carbonyl (C=O) groups is 2. The second kappa shape index (κ2) is 6.51. The summed E-state index contributed by atoms with van der Waals surface area (Å²) in [5.74, 6) is -0.0706. The Morgan fingerprint density at radius 2 is 1.93 bits per heavy atom. The Kier molecular flexibility index (Phi) is 4.75. The van der Waals surface area contributed by atoms with E-state index in [0.29, 0.717) is 12.2 Å². The van der Waals surface area contributed by atoms with Gasteiger partial charge in [0, 0.05) is 17.9 Å². The van der Waals surface area contributed by atoms with Crippen LogP contribution in [0.3, 0.4) is 0 Å². The molecule has 0 radical (unpaired) electrons. The number of methoxy groups -OCH3 is 1. The minimum Gasteiger partial charge on any atom is -0.547 e. The summed E-state index contributed by atoms with van der Waals surface area (Å²) in [7, 11) is -0.705. The molecule has 146 valence electrons.